The fourth-order valence-corrected chi connectivity index (χ4v) is 3.73. The number of hydrogen-bond donors (Lipinski definition) is 1. The molecular formula is C21H29N3O4. The molecule has 0 aliphatic heterocycles. The first-order valence-electron chi connectivity index (χ1n) is 9.86. The highest BCUT2D eigenvalue weighted by Crippen LogP contribution is 2.31. The molecule has 1 aliphatic carbocycles. The minimum absolute atomic E-state index is 0.0387. The van der Waals surface area contributed by atoms with Gasteiger partial charge in [0.25, 0.3) is 0 Å². The zero-order valence-electron chi connectivity index (χ0n) is 17.0. The van der Waals surface area contributed by atoms with Crippen LogP contribution in [0.3, 0.4) is 0 Å². The summed E-state index contributed by atoms with van der Waals surface area (Å²) in [5.41, 5.74) is 0.766. The Morgan fingerprint density at radius 3 is 2.75 bits per heavy atom. The second kappa shape index (κ2) is 9.08. The van der Waals surface area contributed by atoms with E-state index in [4.69, 9.17) is 14.0 Å². The van der Waals surface area contributed by atoms with Gasteiger partial charge in [0.1, 0.15) is 0 Å². The predicted molar refractivity (Wildman–Crippen MR) is 105 cm³/mol. The van der Waals surface area contributed by atoms with Gasteiger partial charge in [-0.25, -0.2) is 0 Å². The molecule has 0 spiro atoms. The van der Waals surface area contributed by atoms with Crippen molar-refractivity contribution >= 4 is 5.91 Å². The number of amides is 1. The van der Waals surface area contributed by atoms with Crippen LogP contribution in [0, 0.1) is 11.8 Å². The molecule has 1 aromatic heterocycles. The molecule has 2 aromatic rings. The maximum atomic E-state index is 12.3. The van der Waals surface area contributed by atoms with Gasteiger partial charge in [-0.3, -0.25) is 4.79 Å². The lowest BCUT2D eigenvalue weighted by Crippen LogP contribution is -2.43. The Morgan fingerprint density at radius 2 is 2.00 bits per heavy atom. The van der Waals surface area contributed by atoms with E-state index in [9.17, 15) is 4.79 Å². The van der Waals surface area contributed by atoms with Gasteiger partial charge in [-0.2, -0.15) is 4.98 Å². The van der Waals surface area contributed by atoms with Gasteiger partial charge in [-0.1, -0.05) is 31.8 Å². The average Bonchev–Trinajstić information content (AvgIpc) is 3.18. The Labute approximate surface area is 165 Å². The Kier molecular flexibility index (Phi) is 6.54. The number of rotatable bonds is 7. The molecule has 0 unspecified atom stereocenters. The molecule has 1 amide bonds. The fourth-order valence-electron chi connectivity index (χ4n) is 3.73. The quantitative estimate of drug-likeness (QED) is 0.781. The minimum atomic E-state index is 0.0387. The van der Waals surface area contributed by atoms with E-state index in [-0.39, 0.29) is 11.9 Å². The topological polar surface area (TPSA) is 86.5 Å². The molecule has 3 rings (SSSR count). The molecular weight excluding hydrogens is 358 g/mol. The van der Waals surface area contributed by atoms with Gasteiger partial charge in [0.15, 0.2) is 11.5 Å². The Bertz CT molecular complexity index is 805. The van der Waals surface area contributed by atoms with Gasteiger partial charge in [-0.15, -0.1) is 0 Å². The number of ether oxygens (including phenoxy) is 2. The van der Waals surface area contributed by atoms with Gasteiger partial charge < -0.3 is 19.3 Å². The lowest BCUT2D eigenvalue weighted by atomic mass is 9.78. The zero-order chi connectivity index (χ0) is 20.1. The van der Waals surface area contributed by atoms with E-state index >= 15 is 0 Å². The number of carbonyl (C=O) groups excluding carboxylic acids is 1. The van der Waals surface area contributed by atoms with Crippen LogP contribution in [-0.4, -0.2) is 36.3 Å². The number of aromatic nitrogens is 2. The molecule has 152 valence electrons. The van der Waals surface area contributed by atoms with E-state index in [0.29, 0.717) is 47.9 Å². The number of carbonyl (C=O) groups is 1. The van der Waals surface area contributed by atoms with Crippen molar-refractivity contribution in [3.05, 3.63) is 24.1 Å². The maximum absolute atomic E-state index is 12.3. The third-order valence-electron chi connectivity index (χ3n) is 5.73. The van der Waals surface area contributed by atoms with Crippen molar-refractivity contribution in [1.29, 1.82) is 0 Å². The normalized spacial score (nSPS) is 21.9. The molecule has 28 heavy (non-hydrogen) atoms. The largest absolute Gasteiger partial charge is 0.493 e. The van der Waals surface area contributed by atoms with Crippen LogP contribution in [0.1, 0.15) is 45.4 Å². The molecule has 1 heterocycles. The summed E-state index contributed by atoms with van der Waals surface area (Å²) in [6, 6.07) is 5.70. The maximum Gasteiger partial charge on any atom is 0.227 e. The van der Waals surface area contributed by atoms with Crippen molar-refractivity contribution < 1.29 is 18.8 Å². The van der Waals surface area contributed by atoms with Crippen molar-refractivity contribution in [2.24, 2.45) is 11.8 Å². The molecule has 7 heteroatoms. The molecule has 0 bridgehead atoms. The van der Waals surface area contributed by atoms with Crippen LogP contribution >= 0.6 is 0 Å². The van der Waals surface area contributed by atoms with Gasteiger partial charge in [0.05, 0.1) is 14.2 Å². The molecule has 0 saturated heterocycles. The van der Waals surface area contributed by atoms with Crippen LogP contribution in [0.2, 0.25) is 0 Å². The number of nitrogens with zero attached hydrogens (tertiary/aromatic N) is 2. The van der Waals surface area contributed by atoms with E-state index in [0.717, 1.165) is 12.0 Å². The molecule has 1 aliphatic rings. The smallest absolute Gasteiger partial charge is 0.227 e. The van der Waals surface area contributed by atoms with Gasteiger partial charge >= 0.3 is 0 Å². The fraction of sp³-hybridized carbons (Fsp3) is 0.571. The van der Waals surface area contributed by atoms with Crippen LogP contribution in [0.5, 0.6) is 11.5 Å². The molecule has 1 aromatic carbocycles. The van der Waals surface area contributed by atoms with Crippen LogP contribution in [-0.2, 0) is 11.2 Å². The first-order valence-corrected chi connectivity index (χ1v) is 9.86. The van der Waals surface area contributed by atoms with Gasteiger partial charge in [-0.05, 0) is 36.5 Å². The SMILES string of the molecule is COc1ccc(-c2noc(CCC(=O)N[C@@H]3CCC[C@H](C)[C@@H]3C)n2)cc1OC. The van der Waals surface area contributed by atoms with Crippen LogP contribution in [0.15, 0.2) is 22.7 Å². The van der Waals surface area contributed by atoms with Crippen LogP contribution < -0.4 is 14.8 Å². The lowest BCUT2D eigenvalue weighted by molar-refractivity contribution is -0.122. The highest BCUT2D eigenvalue weighted by Gasteiger charge is 2.28. The van der Waals surface area contributed by atoms with Gasteiger partial charge in [0.2, 0.25) is 17.6 Å². The number of methoxy groups -OCH3 is 2. The highest BCUT2D eigenvalue weighted by atomic mass is 16.5. The van der Waals surface area contributed by atoms with E-state index in [1.165, 1.54) is 12.8 Å². The highest BCUT2D eigenvalue weighted by molar-refractivity contribution is 5.76. The summed E-state index contributed by atoms with van der Waals surface area (Å²) in [4.78, 5) is 16.7. The van der Waals surface area contributed by atoms with Crippen LogP contribution in [0.4, 0.5) is 0 Å². The first kappa shape index (κ1) is 20.2. The zero-order valence-corrected chi connectivity index (χ0v) is 17.0. The van der Waals surface area contributed by atoms with E-state index in [2.05, 4.69) is 29.3 Å². The Balaban J connectivity index is 1.57. The van der Waals surface area contributed by atoms with Crippen molar-refractivity contribution in [3.63, 3.8) is 0 Å². The van der Waals surface area contributed by atoms with Crippen molar-refractivity contribution in [1.82, 2.24) is 15.5 Å². The minimum Gasteiger partial charge on any atom is -0.493 e. The summed E-state index contributed by atoms with van der Waals surface area (Å²) in [5, 5.41) is 7.20. The predicted octanol–water partition coefficient (Wildman–Crippen LogP) is 3.63. The summed E-state index contributed by atoms with van der Waals surface area (Å²) in [7, 11) is 3.17. The number of aryl methyl sites for hydroxylation is 1. The molecule has 1 N–H and O–H groups in total. The summed E-state index contributed by atoms with van der Waals surface area (Å²) >= 11 is 0. The monoisotopic (exact) mass is 387 g/mol. The molecule has 7 nitrogen and oxygen atoms in total. The second-order valence-electron chi connectivity index (χ2n) is 7.52. The summed E-state index contributed by atoms with van der Waals surface area (Å²) in [6.07, 6.45) is 4.23. The standard InChI is InChI=1S/C21H29N3O4/c1-13-6-5-7-16(14(13)2)22-19(25)10-11-20-23-21(24-28-20)15-8-9-17(26-3)18(12-15)27-4/h8-9,12-14,16H,5-7,10-11H2,1-4H3,(H,22,25)/t13-,14-,16+/m0/s1. The molecule has 1 saturated carbocycles. The van der Waals surface area contributed by atoms with E-state index in [1.54, 1.807) is 26.4 Å². The Morgan fingerprint density at radius 1 is 1.21 bits per heavy atom. The van der Waals surface area contributed by atoms with Crippen molar-refractivity contribution in [3.8, 4) is 22.9 Å². The molecule has 1 fully saturated rings. The second-order valence-corrected chi connectivity index (χ2v) is 7.52. The number of nitrogens with one attached hydrogen (secondary N) is 1. The summed E-state index contributed by atoms with van der Waals surface area (Å²) < 4.78 is 15.9. The third-order valence-corrected chi connectivity index (χ3v) is 5.73. The lowest BCUT2D eigenvalue weighted by Gasteiger charge is -2.34. The van der Waals surface area contributed by atoms with Crippen molar-refractivity contribution in [2.45, 2.75) is 52.0 Å². The summed E-state index contributed by atoms with van der Waals surface area (Å²) in [5.74, 6) is 3.35. The third kappa shape index (κ3) is 4.64. The van der Waals surface area contributed by atoms with E-state index in [1.807, 2.05) is 6.07 Å². The number of benzene rings is 1. The summed E-state index contributed by atoms with van der Waals surface area (Å²) in [6.45, 7) is 4.49. The number of hydrogen-bond acceptors (Lipinski definition) is 6. The molecule has 3 atom stereocenters. The average molecular weight is 387 g/mol. The van der Waals surface area contributed by atoms with Gasteiger partial charge in [0, 0.05) is 24.4 Å². The Hall–Kier alpha value is -2.57. The first-order chi connectivity index (χ1) is 13.5. The van der Waals surface area contributed by atoms with E-state index < -0.39 is 0 Å². The van der Waals surface area contributed by atoms with Crippen molar-refractivity contribution in [2.75, 3.05) is 14.2 Å². The molecule has 0 radical (unpaired) electrons. The van der Waals surface area contributed by atoms with Crippen LogP contribution in [0.25, 0.3) is 11.4 Å².